The Kier molecular flexibility index (Phi) is 22.6. The molecule has 0 heterocycles. The summed E-state index contributed by atoms with van der Waals surface area (Å²) in [5.74, 6) is -4.20. The number of amides is 8. The molecule has 3 atom stereocenters. The van der Waals surface area contributed by atoms with Crippen LogP contribution in [0.1, 0.15) is 78.1 Å². The lowest BCUT2D eigenvalue weighted by atomic mass is 10.1. The Morgan fingerprint density at radius 3 is 1.47 bits per heavy atom. The van der Waals surface area contributed by atoms with Gasteiger partial charge < -0.3 is 54.4 Å². The summed E-state index contributed by atoms with van der Waals surface area (Å²) in [7, 11) is 0. The van der Waals surface area contributed by atoms with E-state index >= 15 is 0 Å². The molecule has 18 heteroatoms. The Balaban J connectivity index is 5.06. The first-order chi connectivity index (χ1) is 22.1. The lowest BCUT2D eigenvalue weighted by molar-refractivity contribution is -0.139. The van der Waals surface area contributed by atoms with Crippen molar-refractivity contribution in [2.75, 3.05) is 39.3 Å². The van der Waals surface area contributed by atoms with Crippen molar-refractivity contribution in [3.63, 3.8) is 0 Å². The molecule has 0 bridgehead atoms. The quantitative estimate of drug-likeness (QED) is 0.0532. The van der Waals surface area contributed by atoms with E-state index in [9.17, 15) is 38.4 Å². The largest absolute Gasteiger partial charge is 0.667 e. The smallest absolute Gasteiger partial charge is 0.242 e. The predicted octanol–water partition coefficient (Wildman–Crippen LogP) is -1.48. The molecule has 0 saturated heterocycles. The van der Waals surface area contributed by atoms with Crippen LogP contribution in [0, 0.1) is 0 Å². The second-order valence-electron chi connectivity index (χ2n) is 11.1. The second kappa shape index (κ2) is 24.9. The molecule has 8 amide bonds. The van der Waals surface area contributed by atoms with Gasteiger partial charge in [-0.3, -0.25) is 38.4 Å². The minimum atomic E-state index is -1.03. The van der Waals surface area contributed by atoms with E-state index in [1.165, 1.54) is 13.8 Å². The van der Waals surface area contributed by atoms with Crippen LogP contribution < -0.4 is 38.1 Å². The molecule has 0 rings (SSSR count). The van der Waals surface area contributed by atoms with E-state index < -0.39 is 72.6 Å². The van der Waals surface area contributed by atoms with Crippen molar-refractivity contribution >= 4 is 47.3 Å². The van der Waals surface area contributed by atoms with Crippen LogP contribution in [0.4, 0.5) is 0 Å². The van der Waals surface area contributed by atoms with Gasteiger partial charge in [0.15, 0.2) is 11.8 Å². The highest BCUT2D eigenvalue weighted by atomic mass is 16.2. The van der Waals surface area contributed by atoms with Gasteiger partial charge in [-0.2, -0.15) is 0 Å². The number of hydrogen-bond donors (Lipinski definition) is 7. The van der Waals surface area contributed by atoms with Gasteiger partial charge in [-0.1, -0.05) is 37.8 Å². The van der Waals surface area contributed by atoms with E-state index in [0.29, 0.717) is 51.5 Å². The summed E-state index contributed by atoms with van der Waals surface area (Å²) in [4.78, 5) is 96.6. The number of nitrogens with zero attached hydrogens (tertiary/aromatic N) is 1. The first-order valence-electron chi connectivity index (χ1n) is 15.7. The number of rotatable bonds is 26. The van der Waals surface area contributed by atoms with Crippen molar-refractivity contribution in [2.24, 2.45) is 11.5 Å². The van der Waals surface area contributed by atoms with Crippen LogP contribution in [-0.4, -0.2) is 110 Å². The molecular formula is C29H52N10O8-2. The monoisotopic (exact) mass is 668 g/mol. The molecule has 0 aliphatic carbocycles. The first kappa shape index (κ1) is 42.7. The Bertz CT molecular complexity index is 1010. The summed E-state index contributed by atoms with van der Waals surface area (Å²) in [5.41, 5.74) is 25.2. The Morgan fingerprint density at radius 1 is 0.596 bits per heavy atom. The van der Waals surface area contributed by atoms with Crippen molar-refractivity contribution < 1.29 is 38.4 Å². The normalized spacial score (nSPS) is 12.5. The van der Waals surface area contributed by atoms with Gasteiger partial charge in [0.05, 0.1) is 0 Å². The van der Waals surface area contributed by atoms with Crippen molar-refractivity contribution in [2.45, 2.75) is 96.2 Å². The zero-order valence-corrected chi connectivity index (χ0v) is 27.4. The number of carbonyl (C=O) groups is 8. The molecule has 0 aromatic rings. The third-order valence-electron chi connectivity index (χ3n) is 6.82. The second-order valence-corrected chi connectivity index (χ2v) is 11.1. The van der Waals surface area contributed by atoms with Crippen molar-refractivity contribution in [3.05, 3.63) is 11.5 Å². The minimum absolute atomic E-state index is 0.123. The van der Waals surface area contributed by atoms with E-state index in [4.69, 9.17) is 22.9 Å². The highest BCUT2D eigenvalue weighted by molar-refractivity contribution is 5.90. The Labute approximate surface area is 275 Å². The van der Waals surface area contributed by atoms with E-state index in [1.807, 2.05) is 0 Å². The number of nitrogens with two attached hydrogens (primary N) is 2. The molecule has 0 aromatic heterocycles. The highest BCUT2D eigenvalue weighted by Gasteiger charge is 2.22. The molecule has 0 spiro atoms. The topological polar surface area (TPSA) is 300 Å². The van der Waals surface area contributed by atoms with Crippen LogP contribution >= 0.6 is 0 Å². The molecule has 2 unspecified atom stereocenters. The predicted molar refractivity (Wildman–Crippen MR) is 173 cm³/mol. The van der Waals surface area contributed by atoms with Crippen LogP contribution in [0.25, 0.3) is 11.5 Å². The molecule has 0 saturated carbocycles. The lowest BCUT2D eigenvalue weighted by Gasteiger charge is -2.23. The van der Waals surface area contributed by atoms with Crippen LogP contribution in [0.15, 0.2) is 0 Å². The van der Waals surface area contributed by atoms with Gasteiger partial charge in [0, 0.05) is 46.4 Å². The van der Waals surface area contributed by atoms with Gasteiger partial charge in [-0.05, 0) is 32.1 Å². The third kappa shape index (κ3) is 22.8. The number of hydrogen-bond acceptors (Lipinski definition) is 8. The number of carbonyl (C=O) groups excluding carboxylic acids is 8. The van der Waals surface area contributed by atoms with E-state index in [1.54, 1.807) is 0 Å². The summed E-state index contributed by atoms with van der Waals surface area (Å²) >= 11 is 0. The molecule has 11 N–H and O–H groups in total. The fourth-order valence-electron chi connectivity index (χ4n) is 4.20. The van der Waals surface area contributed by atoms with Gasteiger partial charge in [-0.25, -0.2) is 0 Å². The fourth-order valence-corrected chi connectivity index (χ4v) is 4.20. The number of primary amides is 2. The number of unbranched alkanes of at least 4 members (excludes halogenated alkanes) is 3. The fraction of sp³-hybridized carbons (Fsp3) is 0.724. The molecule has 0 aliphatic rings. The van der Waals surface area contributed by atoms with E-state index in [0.717, 1.165) is 4.90 Å². The molecular weight excluding hydrogens is 616 g/mol. The maximum absolute atomic E-state index is 13.1. The van der Waals surface area contributed by atoms with Crippen LogP contribution in [0.2, 0.25) is 0 Å². The molecule has 0 aromatic carbocycles. The number of nitrogens with one attached hydrogen (secondary N) is 7. The average Bonchev–Trinajstić information content (AvgIpc) is 2.98. The summed E-state index contributed by atoms with van der Waals surface area (Å²) in [6.45, 7) is 2.52. The van der Waals surface area contributed by atoms with Gasteiger partial charge in [0.25, 0.3) is 0 Å². The average molecular weight is 669 g/mol. The standard InChI is InChI=1S/C29H52N10O8/c1-19(40)34-13-8-5-11-23(38-20(2)41)29(47)37-16-12-26(44)39(17-24(42)35-14-6-3-9-21(30)27(32)45)18-25(43)36-15-7-4-10-22(31)28(33)46/h21-23,30-31H,3-18H2,1-2H3,(H2,32,45)(H2,33,46)(H,34,40)(H,35,42)(H,36,43)(H,37,47)(H,38,41)/q-2/t21?,22?,23-/m0/s1. The Hall–Kier alpha value is -4.32. The summed E-state index contributed by atoms with van der Waals surface area (Å²) < 4.78 is 0. The van der Waals surface area contributed by atoms with Crippen molar-refractivity contribution in [3.8, 4) is 0 Å². The summed E-state index contributed by atoms with van der Waals surface area (Å²) in [5, 5.41) is 13.1. The lowest BCUT2D eigenvalue weighted by Crippen LogP contribution is -2.48. The molecule has 18 nitrogen and oxygen atoms in total. The summed E-state index contributed by atoms with van der Waals surface area (Å²) in [6, 6.07) is -2.91. The van der Waals surface area contributed by atoms with Crippen molar-refractivity contribution in [1.82, 2.24) is 31.5 Å². The zero-order chi connectivity index (χ0) is 35.8. The van der Waals surface area contributed by atoms with Crippen LogP contribution in [-0.2, 0) is 38.4 Å². The maximum atomic E-state index is 13.1. The van der Waals surface area contributed by atoms with Crippen molar-refractivity contribution in [1.29, 1.82) is 0 Å². The highest BCUT2D eigenvalue weighted by Crippen LogP contribution is 2.05. The Morgan fingerprint density at radius 2 is 1.04 bits per heavy atom. The van der Waals surface area contributed by atoms with Gasteiger partial charge >= 0.3 is 0 Å². The molecule has 0 aliphatic heterocycles. The molecule has 0 radical (unpaired) electrons. The molecule has 268 valence electrons. The molecule has 0 fully saturated rings. The van der Waals surface area contributed by atoms with E-state index in [-0.39, 0.29) is 44.8 Å². The SMILES string of the molecule is CC(=O)NCCCC[C@H](NC(C)=O)C(=O)NCCC(=O)N(CC(=O)NCCCCC([NH-])C(N)=O)CC(=O)NCCCCC([NH-])C(N)=O. The van der Waals surface area contributed by atoms with E-state index in [2.05, 4.69) is 26.6 Å². The molecule has 47 heavy (non-hydrogen) atoms. The maximum Gasteiger partial charge on any atom is 0.242 e. The van der Waals surface area contributed by atoms with Gasteiger partial charge in [0.2, 0.25) is 35.4 Å². The summed E-state index contributed by atoms with van der Waals surface area (Å²) in [6.07, 6.45) is 3.56. The minimum Gasteiger partial charge on any atom is -0.667 e. The van der Waals surface area contributed by atoms with Crippen LogP contribution in [0.3, 0.4) is 0 Å². The van der Waals surface area contributed by atoms with Gasteiger partial charge in [-0.15, -0.1) is 0 Å². The first-order valence-corrected chi connectivity index (χ1v) is 15.7. The van der Waals surface area contributed by atoms with Gasteiger partial charge in [0.1, 0.15) is 19.1 Å². The zero-order valence-electron chi connectivity index (χ0n) is 27.4. The van der Waals surface area contributed by atoms with Crippen LogP contribution in [0.5, 0.6) is 0 Å². The third-order valence-corrected chi connectivity index (χ3v) is 6.82.